The lowest BCUT2D eigenvalue weighted by atomic mass is 10.1. The molecule has 0 aliphatic carbocycles. The predicted molar refractivity (Wildman–Crippen MR) is 94.8 cm³/mol. The fraction of sp³-hybridized carbons (Fsp3) is 0.250. The zero-order valence-corrected chi connectivity index (χ0v) is 14.2. The van der Waals surface area contributed by atoms with E-state index in [1.807, 2.05) is 18.2 Å². The molecule has 1 heterocycles. The molecule has 4 heteroatoms. The fourth-order valence-corrected chi connectivity index (χ4v) is 3.04. The number of benzene rings is 2. The van der Waals surface area contributed by atoms with E-state index in [1.54, 1.807) is 13.2 Å². The monoisotopic (exact) mass is 323 g/mol. The molecule has 0 radical (unpaired) electrons. The molecule has 0 spiro atoms. The quantitative estimate of drug-likeness (QED) is 0.665. The van der Waals surface area contributed by atoms with Gasteiger partial charge in [-0.05, 0) is 35.7 Å². The number of methoxy groups -OCH3 is 2. The third-order valence-electron chi connectivity index (χ3n) is 4.32. The van der Waals surface area contributed by atoms with Crippen molar-refractivity contribution in [3.63, 3.8) is 0 Å². The van der Waals surface area contributed by atoms with Gasteiger partial charge in [-0.2, -0.15) is 0 Å². The first-order valence-electron chi connectivity index (χ1n) is 8.00. The summed E-state index contributed by atoms with van der Waals surface area (Å²) in [6.45, 7) is 2.76. The van der Waals surface area contributed by atoms with Crippen molar-refractivity contribution < 1.29 is 14.3 Å². The predicted octanol–water partition coefficient (Wildman–Crippen LogP) is 4.05. The first-order valence-corrected chi connectivity index (χ1v) is 8.00. The van der Waals surface area contributed by atoms with Gasteiger partial charge in [0.05, 0.1) is 19.8 Å². The Morgan fingerprint density at radius 2 is 1.88 bits per heavy atom. The maximum Gasteiger partial charge on any atom is 0.338 e. The molecule has 3 rings (SSSR count). The number of hydrogen-bond donors (Lipinski definition) is 0. The normalized spacial score (nSPS) is 10.8. The van der Waals surface area contributed by atoms with Gasteiger partial charge in [-0.3, -0.25) is 0 Å². The average Bonchev–Trinajstić information content (AvgIpc) is 2.99. The third-order valence-corrected chi connectivity index (χ3v) is 4.32. The number of fused-ring (bicyclic) bond motifs is 1. The van der Waals surface area contributed by atoms with E-state index in [0.717, 1.165) is 12.0 Å². The molecule has 0 amide bonds. The highest BCUT2D eigenvalue weighted by molar-refractivity contribution is 5.91. The summed E-state index contributed by atoms with van der Waals surface area (Å²) in [6.07, 6.45) is 3.13. The van der Waals surface area contributed by atoms with Crippen LogP contribution in [0.3, 0.4) is 0 Å². The number of rotatable bonds is 5. The van der Waals surface area contributed by atoms with Crippen LogP contribution < -0.4 is 4.74 Å². The molecule has 0 unspecified atom stereocenters. The van der Waals surface area contributed by atoms with Crippen molar-refractivity contribution in [1.82, 2.24) is 4.57 Å². The van der Waals surface area contributed by atoms with Crippen molar-refractivity contribution in [2.75, 3.05) is 14.2 Å². The molecular weight excluding hydrogens is 302 g/mol. The number of ether oxygens (including phenoxy) is 2. The second-order valence-corrected chi connectivity index (χ2v) is 5.67. The van der Waals surface area contributed by atoms with E-state index in [2.05, 4.69) is 35.9 Å². The van der Waals surface area contributed by atoms with E-state index in [-0.39, 0.29) is 5.97 Å². The first kappa shape index (κ1) is 16.1. The van der Waals surface area contributed by atoms with Crippen LogP contribution in [0.4, 0.5) is 0 Å². The Bertz CT molecular complexity index is 880. The fourth-order valence-electron chi connectivity index (χ4n) is 3.04. The van der Waals surface area contributed by atoms with Crippen LogP contribution in [-0.4, -0.2) is 24.8 Å². The van der Waals surface area contributed by atoms with E-state index in [1.165, 1.54) is 23.6 Å². The van der Waals surface area contributed by atoms with Crippen LogP contribution >= 0.6 is 0 Å². The van der Waals surface area contributed by atoms with Crippen molar-refractivity contribution in [2.24, 2.45) is 0 Å². The summed E-state index contributed by atoms with van der Waals surface area (Å²) in [5.74, 6) is 0.293. The smallest absolute Gasteiger partial charge is 0.338 e. The average molecular weight is 323 g/mol. The Labute approximate surface area is 141 Å². The molecule has 4 nitrogen and oxygen atoms in total. The van der Waals surface area contributed by atoms with Crippen LogP contribution in [0.15, 0.2) is 48.7 Å². The highest BCUT2D eigenvalue weighted by Crippen LogP contribution is 2.25. The molecule has 0 N–H and O–H groups in total. The van der Waals surface area contributed by atoms with Crippen molar-refractivity contribution in [2.45, 2.75) is 19.9 Å². The molecule has 0 atom stereocenters. The number of para-hydroxylation sites is 1. The standard InChI is InChI=1S/C20H21NO3/c1-4-14-12-21(19-8-6-5-7-17(14)19)13-15-9-10-16(23-2)11-18(15)20(22)24-3/h5-12H,4,13H2,1-3H3. The number of carbonyl (C=O) groups excluding carboxylic acids is 1. The molecule has 3 aromatic rings. The second kappa shape index (κ2) is 6.79. The van der Waals surface area contributed by atoms with Crippen molar-refractivity contribution in [1.29, 1.82) is 0 Å². The third kappa shape index (κ3) is 2.87. The minimum atomic E-state index is -0.351. The molecule has 0 fully saturated rings. The van der Waals surface area contributed by atoms with E-state index in [9.17, 15) is 4.79 Å². The molecule has 2 aromatic carbocycles. The van der Waals surface area contributed by atoms with Gasteiger partial charge < -0.3 is 14.0 Å². The Balaban J connectivity index is 2.07. The highest BCUT2D eigenvalue weighted by atomic mass is 16.5. The summed E-state index contributed by atoms with van der Waals surface area (Å²) < 4.78 is 12.3. The van der Waals surface area contributed by atoms with Gasteiger partial charge in [-0.25, -0.2) is 4.79 Å². The lowest BCUT2D eigenvalue weighted by molar-refractivity contribution is 0.0599. The van der Waals surface area contributed by atoms with Crippen LogP contribution in [0.25, 0.3) is 10.9 Å². The summed E-state index contributed by atoms with van der Waals surface area (Å²) in [5, 5.41) is 1.26. The Kier molecular flexibility index (Phi) is 4.56. The molecule has 0 saturated carbocycles. The number of nitrogens with zero attached hydrogens (tertiary/aromatic N) is 1. The van der Waals surface area contributed by atoms with Crippen molar-refractivity contribution >= 4 is 16.9 Å². The summed E-state index contributed by atoms with van der Waals surface area (Å²) in [7, 11) is 2.98. The molecule has 0 bridgehead atoms. The summed E-state index contributed by atoms with van der Waals surface area (Å²) in [6, 6.07) is 13.9. The van der Waals surface area contributed by atoms with Crippen LogP contribution in [0.5, 0.6) is 5.75 Å². The van der Waals surface area contributed by atoms with Crippen molar-refractivity contribution in [3.8, 4) is 5.75 Å². The lowest BCUT2D eigenvalue weighted by Crippen LogP contribution is -2.09. The largest absolute Gasteiger partial charge is 0.497 e. The van der Waals surface area contributed by atoms with Gasteiger partial charge >= 0.3 is 5.97 Å². The number of aromatic nitrogens is 1. The minimum absolute atomic E-state index is 0.351. The SMILES string of the molecule is CCc1cn(Cc2ccc(OC)cc2C(=O)OC)c2ccccc12. The Morgan fingerprint density at radius 1 is 1.08 bits per heavy atom. The van der Waals surface area contributed by atoms with Crippen LogP contribution in [0, 0.1) is 0 Å². The maximum atomic E-state index is 12.1. The van der Waals surface area contributed by atoms with Crippen molar-refractivity contribution in [3.05, 3.63) is 65.4 Å². The number of hydrogen-bond acceptors (Lipinski definition) is 3. The van der Waals surface area contributed by atoms with Gasteiger partial charge in [-0.1, -0.05) is 31.2 Å². The van der Waals surface area contributed by atoms with Crippen LogP contribution in [-0.2, 0) is 17.7 Å². The molecule has 124 valence electrons. The van der Waals surface area contributed by atoms with Gasteiger partial charge in [0.2, 0.25) is 0 Å². The topological polar surface area (TPSA) is 40.5 Å². The van der Waals surface area contributed by atoms with Gasteiger partial charge in [0.25, 0.3) is 0 Å². The van der Waals surface area contributed by atoms with Crippen LogP contribution in [0.1, 0.15) is 28.4 Å². The highest BCUT2D eigenvalue weighted by Gasteiger charge is 2.15. The van der Waals surface area contributed by atoms with Gasteiger partial charge in [-0.15, -0.1) is 0 Å². The zero-order valence-electron chi connectivity index (χ0n) is 14.2. The van der Waals surface area contributed by atoms with E-state index < -0.39 is 0 Å². The van der Waals surface area contributed by atoms with E-state index in [4.69, 9.17) is 9.47 Å². The molecular formula is C20H21NO3. The van der Waals surface area contributed by atoms with Gasteiger partial charge in [0.1, 0.15) is 5.75 Å². The zero-order chi connectivity index (χ0) is 17.1. The molecule has 24 heavy (non-hydrogen) atoms. The number of carbonyl (C=O) groups is 1. The number of aryl methyl sites for hydroxylation is 1. The second-order valence-electron chi connectivity index (χ2n) is 5.67. The molecule has 0 saturated heterocycles. The van der Waals surface area contributed by atoms with Gasteiger partial charge in [0, 0.05) is 23.6 Å². The Hall–Kier alpha value is -2.75. The lowest BCUT2D eigenvalue weighted by Gasteiger charge is -2.12. The first-order chi connectivity index (χ1) is 11.7. The molecule has 0 aliphatic rings. The summed E-state index contributed by atoms with van der Waals surface area (Å²) in [5.41, 5.74) is 3.92. The van der Waals surface area contributed by atoms with E-state index in [0.29, 0.717) is 17.9 Å². The summed E-state index contributed by atoms with van der Waals surface area (Å²) in [4.78, 5) is 12.1. The minimum Gasteiger partial charge on any atom is -0.497 e. The Morgan fingerprint density at radius 3 is 2.58 bits per heavy atom. The van der Waals surface area contributed by atoms with Crippen LogP contribution in [0.2, 0.25) is 0 Å². The number of esters is 1. The van der Waals surface area contributed by atoms with E-state index >= 15 is 0 Å². The molecule has 0 aliphatic heterocycles. The molecule has 1 aromatic heterocycles. The van der Waals surface area contributed by atoms with Gasteiger partial charge in [0.15, 0.2) is 0 Å². The maximum absolute atomic E-state index is 12.1. The summed E-state index contributed by atoms with van der Waals surface area (Å²) >= 11 is 0.